The zero-order valence-electron chi connectivity index (χ0n) is 12.7. The summed E-state index contributed by atoms with van der Waals surface area (Å²) in [6.45, 7) is 1.38. The fourth-order valence-corrected chi connectivity index (χ4v) is 2.06. The molecule has 0 aliphatic rings. The lowest BCUT2D eigenvalue weighted by atomic mass is 10.1. The summed E-state index contributed by atoms with van der Waals surface area (Å²) in [5.74, 6) is -0.744. The van der Waals surface area contributed by atoms with Crippen LogP contribution in [-0.4, -0.2) is 20.7 Å². The van der Waals surface area contributed by atoms with Gasteiger partial charge in [0.15, 0.2) is 0 Å². The highest BCUT2D eigenvalue weighted by Gasteiger charge is 2.24. The Morgan fingerprint density at radius 3 is 1.92 bits per heavy atom. The Labute approximate surface area is 139 Å². The zero-order chi connectivity index (χ0) is 18.7. The molecule has 1 amide bonds. The molecule has 0 aliphatic heterocycles. The van der Waals surface area contributed by atoms with E-state index in [4.69, 9.17) is 0 Å². The monoisotopic (exact) mass is 346 g/mol. The quantitative estimate of drug-likeness (QED) is 0.643. The molecule has 0 atom stereocenters. The van der Waals surface area contributed by atoms with Gasteiger partial charge < -0.3 is 5.32 Å². The van der Waals surface area contributed by atoms with E-state index in [1.807, 2.05) is 0 Å². The predicted octanol–water partition coefficient (Wildman–Crippen LogP) is 2.97. The first-order valence-corrected chi connectivity index (χ1v) is 6.70. The van der Waals surface area contributed by atoms with Crippen molar-refractivity contribution in [3.05, 3.63) is 77.9 Å². The summed E-state index contributed by atoms with van der Waals surface area (Å²) in [5, 5.41) is 34.9. The van der Waals surface area contributed by atoms with Crippen LogP contribution in [0.4, 0.5) is 22.7 Å². The van der Waals surface area contributed by atoms with E-state index in [0.717, 1.165) is 24.3 Å². The largest absolute Gasteiger partial charge is 0.316 e. The number of benzene rings is 2. The number of amides is 1. The van der Waals surface area contributed by atoms with Crippen molar-refractivity contribution in [3.63, 3.8) is 0 Å². The fourth-order valence-electron chi connectivity index (χ4n) is 2.06. The molecule has 0 aliphatic carbocycles. The van der Waals surface area contributed by atoms with Gasteiger partial charge in [0.05, 0.1) is 20.8 Å². The number of nitro benzene ring substituents is 3. The van der Waals surface area contributed by atoms with E-state index in [1.54, 1.807) is 0 Å². The van der Waals surface area contributed by atoms with Crippen LogP contribution in [0.2, 0.25) is 0 Å². The molecule has 11 nitrogen and oxygen atoms in total. The number of hydrogen-bond donors (Lipinski definition) is 1. The van der Waals surface area contributed by atoms with E-state index in [-0.39, 0.29) is 22.5 Å². The number of aryl methyl sites for hydroxylation is 1. The van der Waals surface area contributed by atoms with Crippen molar-refractivity contribution in [2.24, 2.45) is 0 Å². The standard InChI is InChI=1S/C14H10N4O7/c1-8-6-11(13(18(24)25)7-12(8)17(22)23)15-14(19)9-2-4-10(5-3-9)16(20)21/h2-7H,1H3,(H,15,19). The maximum absolute atomic E-state index is 12.2. The number of carbonyl (C=O) groups is 1. The molecule has 0 radical (unpaired) electrons. The highest BCUT2D eigenvalue weighted by Crippen LogP contribution is 2.32. The maximum Gasteiger partial charge on any atom is 0.299 e. The molecule has 0 fully saturated rings. The predicted molar refractivity (Wildman–Crippen MR) is 85.5 cm³/mol. The molecule has 2 aromatic rings. The molecule has 128 valence electrons. The van der Waals surface area contributed by atoms with Crippen LogP contribution < -0.4 is 5.32 Å². The van der Waals surface area contributed by atoms with E-state index < -0.39 is 32.1 Å². The summed E-state index contributed by atoms with van der Waals surface area (Å²) in [7, 11) is 0. The van der Waals surface area contributed by atoms with E-state index in [0.29, 0.717) is 0 Å². The highest BCUT2D eigenvalue weighted by atomic mass is 16.6. The third kappa shape index (κ3) is 3.72. The van der Waals surface area contributed by atoms with Crippen molar-refractivity contribution in [1.29, 1.82) is 0 Å². The van der Waals surface area contributed by atoms with Gasteiger partial charge in [-0.2, -0.15) is 0 Å². The first-order valence-electron chi connectivity index (χ1n) is 6.70. The Morgan fingerprint density at radius 2 is 1.44 bits per heavy atom. The van der Waals surface area contributed by atoms with Gasteiger partial charge in [-0.3, -0.25) is 35.1 Å². The Morgan fingerprint density at radius 1 is 0.880 bits per heavy atom. The van der Waals surface area contributed by atoms with Crippen LogP contribution >= 0.6 is 0 Å². The summed E-state index contributed by atoms with van der Waals surface area (Å²) in [6, 6.07) is 6.50. The van der Waals surface area contributed by atoms with Crippen molar-refractivity contribution in [2.45, 2.75) is 6.92 Å². The van der Waals surface area contributed by atoms with Crippen molar-refractivity contribution in [1.82, 2.24) is 0 Å². The van der Waals surface area contributed by atoms with Crippen LogP contribution in [0, 0.1) is 37.3 Å². The fraction of sp³-hybridized carbons (Fsp3) is 0.0714. The Balaban J connectivity index is 2.37. The van der Waals surface area contributed by atoms with E-state index >= 15 is 0 Å². The zero-order valence-corrected chi connectivity index (χ0v) is 12.7. The SMILES string of the molecule is Cc1cc(NC(=O)c2ccc([N+](=O)[O-])cc2)c([N+](=O)[O-])cc1[N+](=O)[O-]. The third-order valence-electron chi connectivity index (χ3n) is 3.30. The van der Waals surface area contributed by atoms with Gasteiger partial charge in [0.1, 0.15) is 5.69 Å². The maximum atomic E-state index is 12.2. The smallest absolute Gasteiger partial charge is 0.299 e. The van der Waals surface area contributed by atoms with Crippen LogP contribution in [-0.2, 0) is 0 Å². The first kappa shape index (κ1) is 17.5. The van der Waals surface area contributed by atoms with Crippen molar-refractivity contribution < 1.29 is 19.6 Å². The van der Waals surface area contributed by atoms with Crippen LogP contribution in [0.1, 0.15) is 15.9 Å². The molecule has 0 saturated carbocycles. The summed E-state index contributed by atoms with van der Waals surface area (Å²) in [5.41, 5.74) is -1.33. The molecule has 0 spiro atoms. The van der Waals surface area contributed by atoms with Crippen LogP contribution in [0.25, 0.3) is 0 Å². The molecule has 0 saturated heterocycles. The van der Waals surface area contributed by atoms with Crippen molar-refractivity contribution in [2.75, 3.05) is 5.32 Å². The average molecular weight is 346 g/mol. The minimum Gasteiger partial charge on any atom is -0.316 e. The number of nitrogens with zero attached hydrogens (tertiary/aromatic N) is 3. The summed E-state index contributed by atoms with van der Waals surface area (Å²) in [4.78, 5) is 42.5. The van der Waals surface area contributed by atoms with Gasteiger partial charge in [0, 0.05) is 23.3 Å². The number of carbonyl (C=O) groups excluding carboxylic acids is 1. The molecule has 0 bridgehead atoms. The molecule has 2 rings (SSSR count). The lowest BCUT2D eigenvalue weighted by molar-refractivity contribution is -0.394. The van der Waals surface area contributed by atoms with Crippen LogP contribution in [0.5, 0.6) is 0 Å². The summed E-state index contributed by atoms with van der Waals surface area (Å²) >= 11 is 0. The Bertz CT molecular complexity index is 893. The topological polar surface area (TPSA) is 159 Å². The summed E-state index contributed by atoms with van der Waals surface area (Å²) < 4.78 is 0. The number of nitrogens with one attached hydrogen (secondary N) is 1. The third-order valence-corrected chi connectivity index (χ3v) is 3.30. The molecule has 1 N–H and O–H groups in total. The molecule has 0 heterocycles. The van der Waals surface area contributed by atoms with E-state index in [2.05, 4.69) is 5.32 Å². The van der Waals surface area contributed by atoms with Crippen LogP contribution in [0.15, 0.2) is 36.4 Å². The minimum atomic E-state index is -0.849. The van der Waals surface area contributed by atoms with Gasteiger partial charge in [0.25, 0.3) is 23.0 Å². The molecule has 2 aromatic carbocycles. The van der Waals surface area contributed by atoms with Gasteiger partial charge in [0.2, 0.25) is 0 Å². The average Bonchev–Trinajstić information content (AvgIpc) is 2.54. The number of non-ortho nitro benzene ring substituents is 1. The van der Waals surface area contributed by atoms with E-state index in [1.165, 1.54) is 19.1 Å². The second kappa shape index (κ2) is 6.70. The van der Waals surface area contributed by atoms with Gasteiger partial charge in [-0.25, -0.2) is 0 Å². The Hall–Kier alpha value is -3.89. The highest BCUT2D eigenvalue weighted by molar-refractivity contribution is 6.05. The molecular formula is C14H10N4O7. The summed E-state index contributed by atoms with van der Waals surface area (Å²) in [6.07, 6.45) is 0. The number of rotatable bonds is 5. The first-order chi connectivity index (χ1) is 11.7. The van der Waals surface area contributed by atoms with Gasteiger partial charge >= 0.3 is 0 Å². The molecule has 11 heteroatoms. The molecule has 25 heavy (non-hydrogen) atoms. The molecular weight excluding hydrogens is 336 g/mol. The van der Waals surface area contributed by atoms with Gasteiger partial charge in [-0.05, 0) is 25.1 Å². The lowest BCUT2D eigenvalue weighted by Gasteiger charge is -2.07. The number of anilines is 1. The van der Waals surface area contributed by atoms with Gasteiger partial charge in [-0.15, -0.1) is 0 Å². The number of nitro groups is 3. The van der Waals surface area contributed by atoms with Crippen molar-refractivity contribution in [3.8, 4) is 0 Å². The Kier molecular flexibility index (Phi) is 4.68. The number of hydrogen-bond acceptors (Lipinski definition) is 7. The van der Waals surface area contributed by atoms with E-state index in [9.17, 15) is 35.1 Å². The molecule has 0 unspecified atom stereocenters. The van der Waals surface area contributed by atoms with Gasteiger partial charge in [-0.1, -0.05) is 0 Å². The second-order valence-corrected chi connectivity index (χ2v) is 4.93. The van der Waals surface area contributed by atoms with Crippen molar-refractivity contribution >= 4 is 28.7 Å². The normalized spacial score (nSPS) is 10.1. The lowest BCUT2D eigenvalue weighted by Crippen LogP contribution is -2.13. The molecule has 0 aromatic heterocycles. The second-order valence-electron chi connectivity index (χ2n) is 4.93. The minimum absolute atomic E-state index is 0.0379. The van der Waals surface area contributed by atoms with Crippen LogP contribution in [0.3, 0.4) is 0 Å².